The molecule has 4 rings (SSSR count). The Kier molecular flexibility index (Phi) is 5.32. The minimum absolute atomic E-state index is 0.127. The van der Waals surface area contributed by atoms with E-state index in [0.29, 0.717) is 11.6 Å². The van der Waals surface area contributed by atoms with Crippen LogP contribution in [0.4, 0.5) is 11.5 Å². The zero-order valence-corrected chi connectivity index (χ0v) is 17.1. The molecule has 0 saturated heterocycles. The Morgan fingerprint density at radius 2 is 1.87 bits per heavy atom. The van der Waals surface area contributed by atoms with Crippen LogP contribution in [0.3, 0.4) is 0 Å². The van der Waals surface area contributed by atoms with Crippen molar-refractivity contribution in [2.24, 2.45) is 0 Å². The summed E-state index contributed by atoms with van der Waals surface area (Å²) in [7, 11) is 2.78. The number of hydrogen-bond donors (Lipinski definition) is 1. The van der Waals surface area contributed by atoms with Crippen LogP contribution in [0.25, 0.3) is 5.69 Å². The van der Waals surface area contributed by atoms with E-state index in [-0.39, 0.29) is 22.7 Å². The fraction of sp³-hybridized carbons (Fsp3) is 0.200. The van der Waals surface area contributed by atoms with Crippen molar-refractivity contribution in [3.8, 4) is 17.2 Å². The number of carbonyl (C=O) groups is 1. The minimum Gasteiger partial charge on any atom is -0.493 e. The maximum absolute atomic E-state index is 13.1. The van der Waals surface area contributed by atoms with Crippen LogP contribution < -0.4 is 14.8 Å². The second kappa shape index (κ2) is 8.07. The molecule has 1 N–H and O–H groups in total. The predicted molar refractivity (Wildman–Crippen MR) is 113 cm³/mol. The first-order valence-electron chi connectivity index (χ1n) is 8.99. The lowest BCUT2D eigenvalue weighted by molar-refractivity contribution is -0.385. The third kappa shape index (κ3) is 3.45. The molecule has 0 fully saturated rings. The van der Waals surface area contributed by atoms with Gasteiger partial charge in [-0.25, -0.2) is 4.68 Å². The van der Waals surface area contributed by atoms with E-state index in [2.05, 4.69) is 10.4 Å². The van der Waals surface area contributed by atoms with Crippen LogP contribution in [0.2, 0.25) is 0 Å². The van der Waals surface area contributed by atoms with Crippen LogP contribution in [-0.4, -0.2) is 34.8 Å². The van der Waals surface area contributed by atoms with Crippen molar-refractivity contribution in [2.75, 3.05) is 19.5 Å². The van der Waals surface area contributed by atoms with Crippen molar-refractivity contribution in [1.82, 2.24) is 9.78 Å². The first-order chi connectivity index (χ1) is 14.5. The molecule has 1 aliphatic heterocycles. The summed E-state index contributed by atoms with van der Waals surface area (Å²) in [6.07, 6.45) is 0. The van der Waals surface area contributed by atoms with Gasteiger partial charge in [-0.05, 0) is 12.1 Å². The van der Waals surface area contributed by atoms with E-state index < -0.39 is 10.8 Å². The van der Waals surface area contributed by atoms with Gasteiger partial charge in [-0.3, -0.25) is 14.9 Å². The number of aromatic nitrogens is 2. The lowest BCUT2D eigenvalue weighted by Gasteiger charge is -2.13. The summed E-state index contributed by atoms with van der Waals surface area (Å²) in [6.45, 7) is 0. The fourth-order valence-corrected chi connectivity index (χ4v) is 4.31. The van der Waals surface area contributed by atoms with Crippen molar-refractivity contribution in [3.05, 3.63) is 69.4 Å². The molecule has 1 aromatic heterocycles. The van der Waals surface area contributed by atoms with Gasteiger partial charge in [-0.15, -0.1) is 0 Å². The normalized spacial score (nSPS) is 12.3. The number of nitro benzene ring substituents is 1. The molecule has 2 aromatic carbocycles. The molecule has 0 aliphatic carbocycles. The molecule has 0 radical (unpaired) electrons. The SMILES string of the molecule is COc1cc(C(=O)Nc2c3c(nn2-c2ccccc2)CSC3)c([N+](=O)[O-])cc1OC. The maximum atomic E-state index is 13.1. The van der Waals surface area contributed by atoms with Gasteiger partial charge >= 0.3 is 0 Å². The first kappa shape index (κ1) is 19.8. The molecule has 30 heavy (non-hydrogen) atoms. The van der Waals surface area contributed by atoms with Gasteiger partial charge in [-0.2, -0.15) is 16.9 Å². The zero-order valence-electron chi connectivity index (χ0n) is 16.2. The monoisotopic (exact) mass is 426 g/mol. The molecule has 0 spiro atoms. The topological polar surface area (TPSA) is 109 Å². The Morgan fingerprint density at radius 1 is 1.17 bits per heavy atom. The highest BCUT2D eigenvalue weighted by Crippen LogP contribution is 2.38. The average Bonchev–Trinajstić information content (AvgIpc) is 3.35. The number of nitrogens with one attached hydrogen (secondary N) is 1. The van der Waals surface area contributed by atoms with E-state index >= 15 is 0 Å². The number of nitro groups is 1. The average molecular weight is 426 g/mol. The Hall–Kier alpha value is -3.53. The molecule has 0 saturated carbocycles. The van der Waals surface area contributed by atoms with Crippen molar-refractivity contribution >= 4 is 29.2 Å². The molecule has 10 heteroatoms. The predicted octanol–water partition coefficient (Wildman–Crippen LogP) is 3.80. The highest BCUT2D eigenvalue weighted by Gasteiger charge is 2.29. The third-order valence-electron chi connectivity index (χ3n) is 4.73. The Balaban J connectivity index is 1.78. The number of rotatable bonds is 6. The minimum atomic E-state index is -0.626. The molecular weight excluding hydrogens is 408 g/mol. The van der Waals surface area contributed by atoms with Crippen molar-refractivity contribution in [3.63, 3.8) is 0 Å². The van der Waals surface area contributed by atoms with E-state index in [0.717, 1.165) is 22.7 Å². The number of carbonyl (C=O) groups excluding carboxylic acids is 1. The zero-order chi connectivity index (χ0) is 21.3. The number of ether oxygens (including phenoxy) is 2. The van der Waals surface area contributed by atoms with E-state index in [1.165, 1.54) is 26.4 Å². The van der Waals surface area contributed by atoms with Gasteiger partial charge in [0.1, 0.15) is 11.4 Å². The molecule has 2 heterocycles. The lowest BCUT2D eigenvalue weighted by Crippen LogP contribution is -2.18. The van der Waals surface area contributed by atoms with Crippen LogP contribution in [0.5, 0.6) is 11.5 Å². The summed E-state index contributed by atoms with van der Waals surface area (Å²) in [5, 5.41) is 19.0. The lowest BCUT2D eigenvalue weighted by atomic mass is 10.1. The highest BCUT2D eigenvalue weighted by atomic mass is 32.2. The van der Waals surface area contributed by atoms with E-state index in [9.17, 15) is 14.9 Å². The Bertz CT molecular complexity index is 1130. The molecule has 1 amide bonds. The molecule has 0 atom stereocenters. The van der Waals surface area contributed by atoms with Gasteiger partial charge in [0.2, 0.25) is 0 Å². The summed E-state index contributed by atoms with van der Waals surface area (Å²) in [5.41, 5.74) is 2.09. The summed E-state index contributed by atoms with van der Waals surface area (Å²) in [4.78, 5) is 24.1. The largest absolute Gasteiger partial charge is 0.493 e. The van der Waals surface area contributed by atoms with Gasteiger partial charge in [-0.1, -0.05) is 18.2 Å². The van der Waals surface area contributed by atoms with E-state index in [1.54, 1.807) is 16.4 Å². The molecule has 154 valence electrons. The number of methoxy groups -OCH3 is 2. The van der Waals surface area contributed by atoms with Crippen molar-refractivity contribution in [1.29, 1.82) is 0 Å². The molecular formula is C20H18N4O5S. The fourth-order valence-electron chi connectivity index (χ4n) is 3.27. The van der Waals surface area contributed by atoms with Gasteiger partial charge in [0, 0.05) is 23.1 Å². The summed E-state index contributed by atoms with van der Waals surface area (Å²) in [5.74, 6) is 1.73. The first-order valence-corrected chi connectivity index (χ1v) is 10.1. The molecule has 0 bridgehead atoms. The maximum Gasteiger partial charge on any atom is 0.286 e. The highest BCUT2D eigenvalue weighted by molar-refractivity contribution is 7.98. The third-order valence-corrected chi connectivity index (χ3v) is 5.70. The standard InChI is InChI=1S/C20H18N4O5S/c1-28-17-8-13(16(24(26)27)9-18(17)29-2)20(25)21-19-14-10-30-11-15(14)22-23(19)12-6-4-3-5-7-12/h3-9H,10-11H2,1-2H3,(H,21,25). The summed E-state index contributed by atoms with van der Waals surface area (Å²) in [6, 6.07) is 11.9. The number of nitrogens with zero attached hydrogens (tertiary/aromatic N) is 3. The molecule has 3 aromatic rings. The molecule has 0 unspecified atom stereocenters. The number of benzene rings is 2. The number of fused-ring (bicyclic) bond motifs is 1. The smallest absolute Gasteiger partial charge is 0.286 e. The van der Waals surface area contributed by atoms with E-state index in [4.69, 9.17) is 9.47 Å². The van der Waals surface area contributed by atoms with Crippen LogP contribution in [0, 0.1) is 10.1 Å². The summed E-state index contributed by atoms with van der Waals surface area (Å²) >= 11 is 1.70. The van der Waals surface area contributed by atoms with Crippen LogP contribution in [0.1, 0.15) is 21.6 Å². The van der Waals surface area contributed by atoms with E-state index in [1.807, 2.05) is 30.3 Å². The summed E-state index contributed by atoms with van der Waals surface area (Å²) < 4.78 is 12.0. The van der Waals surface area contributed by atoms with Crippen LogP contribution >= 0.6 is 11.8 Å². The number of thioether (sulfide) groups is 1. The number of anilines is 1. The van der Waals surface area contributed by atoms with Gasteiger partial charge in [0.25, 0.3) is 11.6 Å². The number of hydrogen-bond acceptors (Lipinski definition) is 7. The van der Waals surface area contributed by atoms with Gasteiger partial charge < -0.3 is 14.8 Å². The molecule has 9 nitrogen and oxygen atoms in total. The van der Waals surface area contributed by atoms with Crippen LogP contribution in [-0.2, 0) is 11.5 Å². The second-order valence-corrected chi connectivity index (χ2v) is 7.44. The Labute approximate surface area is 176 Å². The van der Waals surface area contributed by atoms with Crippen molar-refractivity contribution in [2.45, 2.75) is 11.5 Å². The van der Waals surface area contributed by atoms with Crippen LogP contribution in [0.15, 0.2) is 42.5 Å². The van der Waals surface area contributed by atoms with Gasteiger partial charge in [0.15, 0.2) is 11.5 Å². The number of para-hydroxylation sites is 1. The van der Waals surface area contributed by atoms with Gasteiger partial charge in [0.05, 0.1) is 36.6 Å². The van der Waals surface area contributed by atoms with Crippen molar-refractivity contribution < 1.29 is 19.2 Å². The molecule has 1 aliphatic rings. The number of amides is 1. The second-order valence-electron chi connectivity index (χ2n) is 6.45. The Morgan fingerprint density at radius 3 is 2.53 bits per heavy atom. The quantitative estimate of drug-likeness (QED) is 0.472.